The molecular formula is C27H28F4N8O3S. The number of urea groups is 1. The van der Waals surface area contributed by atoms with Crippen molar-refractivity contribution in [2.75, 3.05) is 18.4 Å². The summed E-state index contributed by atoms with van der Waals surface area (Å²) in [5.74, 6) is -0.529. The van der Waals surface area contributed by atoms with Crippen molar-refractivity contribution in [2.24, 2.45) is 0 Å². The summed E-state index contributed by atoms with van der Waals surface area (Å²) in [7, 11) is 0. The molecule has 1 fully saturated rings. The van der Waals surface area contributed by atoms with E-state index in [0.29, 0.717) is 23.3 Å². The van der Waals surface area contributed by atoms with E-state index in [9.17, 15) is 22.8 Å². The quantitative estimate of drug-likeness (QED) is 0.209. The number of aromatic nitrogens is 4. The van der Waals surface area contributed by atoms with Crippen LogP contribution in [0, 0.1) is 0 Å². The summed E-state index contributed by atoms with van der Waals surface area (Å²) < 4.78 is 64.8. The standard InChI is InChI=1S/C27H28F4N8O3S/c1-26(2)14-37-8-5-15(12-37)23(40)32-11-21-34-22(36-42-21)16-10-20-19(4-3-7-39(20)24(16)43-27(29,30)31)33-18-6-9-38(13-17(18)28)25(41)35-26/h3-5,7-8,10,12,17-18,33H,6,9,11,13-14H2,1-2H3,(H,32,40)(H,35,41)/t17-,18+/m0/s1. The summed E-state index contributed by atoms with van der Waals surface area (Å²) in [4.78, 5) is 31.5. The molecule has 0 radical (unpaired) electrons. The molecule has 7 rings (SSSR count). The molecule has 11 nitrogen and oxygen atoms in total. The number of fused-ring (bicyclic) bond motifs is 7. The molecule has 3 amide bonds. The van der Waals surface area contributed by atoms with Crippen molar-refractivity contribution in [3.63, 3.8) is 0 Å². The fraction of sp³-hybridized carbons (Fsp3) is 0.407. The molecule has 3 aliphatic rings. The Morgan fingerprint density at radius 3 is 2.77 bits per heavy atom. The minimum absolute atomic E-state index is 0.00244. The van der Waals surface area contributed by atoms with Gasteiger partial charge in [-0.2, -0.15) is 18.2 Å². The number of carbonyl (C=O) groups excluding carboxylic acids is 2. The summed E-state index contributed by atoms with van der Waals surface area (Å²) in [6.45, 7) is 3.95. The van der Waals surface area contributed by atoms with Crippen molar-refractivity contribution in [3.8, 4) is 11.4 Å². The van der Waals surface area contributed by atoms with Crippen molar-refractivity contribution in [1.29, 1.82) is 0 Å². The molecule has 4 aromatic rings. The molecular weight excluding hydrogens is 592 g/mol. The van der Waals surface area contributed by atoms with Gasteiger partial charge in [0.2, 0.25) is 11.7 Å². The number of piperidine rings is 1. The van der Waals surface area contributed by atoms with Gasteiger partial charge in [-0.05, 0) is 44.5 Å². The number of alkyl halides is 4. The van der Waals surface area contributed by atoms with Crippen LogP contribution < -0.4 is 16.0 Å². The average molecular weight is 621 g/mol. The Labute approximate surface area is 247 Å². The van der Waals surface area contributed by atoms with E-state index in [2.05, 4.69) is 26.1 Å². The SMILES string of the molecule is CC1(C)Cn2ccc(c2)C(=O)NCc2nc(no2)-c2cc3c(cccn3c2SC(F)(F)F)N[C@@H]2CCN(C[C@@H]2F)C(=O)N1. The van der Waals surface area contributed by atoms with Gasteiger partial charge in [0.15, 0.2) is 0 Å². The van der Waals surface area contributed by atoms with Crippen LogP contribution in [0.25, 0.3) is 16.9 Å². The molecule has 3 aliphatic heterocycles. The molecule has 0 saturated carbocycles. The van der Waals surface area contributed by atoms with Crippen LogP contribution in [0.15, 0.2) is 52.4 Å². The minimum atomic E-state index is -4.63. The van der Waals surface area contributed by atoms with Crippen molar-refractivity contribution < 1.29 is 31.7 Å². The number of anilines is 1. The van der Waals surface area contributed by atoms with Gasteiger partial charge < -0.3 is 34.3 Å². The monoisotopic (exact) mass is 620 g/mol. The van der Waals surface area contributed by atoms with Crippen molar-refractivity contribution in [2.45, 2.75) is 61.6 Å². The number of hydrogen-bond acceptors (Lipinski definition) is 7. The number of carbonyl (C=O) groups is 2. The fourth-order valence-electron chi connectivity index (χ4n) is 5.35. The highest BCUT2D eigenvalue weighted by atomic mass is 32.2. The van der Waals surface area contributed by atoms with Crippen LogP contribution in [-0.2, 0) is 13.1 Å². The second-order valence-electron chi connectivity index (χ2n) is 11.2. The minimum Gasteiger partial charge on any atom is -0.378 e. The summed E-state index contributed by atoms with van der Waals surface area (Å²) in [5, 5.41) is 12.4. The largest absolute Gasteiger partial charge is 0.447 e. The Hall–Kier alpha value is -4.21. The number of amides is 3. The second kappa shape index (κ2) is 10.8. The molecule has 0 spiro atoms. The van der Waals surface area contributed by atoms with E-state index < -0.39 is 35.2 Å². The molecule has 8 bridgehead atoms. The van der Waals surface area contributed by atoms with Crippen LogP contribution in [0.2, 0.25) is 0 Å². The van der Waals surface area contributed by atoms with Gasteiger partial charge in [0.25, 0.3) is 5.91 Å². The molecule has 228 valence electrons. The maximum atomic E-state index is 15.5. The zero-order valence-corrected chi connectivity index (χ0v) is 23.9. The van der Waals surface area contributed by atoms with E-state index in [1.807, 2.05) is 13.8 Å². The maximum Gasteiger partial charge on any atom is 0.447 e. The predicted molar refractivity (Wildman–Crippen MR) is 149 cm³/mol. The Bertz CT molecular complexity index is 1680. The van der Waals surface area contributed by atoms with Gasteiger partial charge in [-0.15, -0.1) is 0 Å². The number of nitrogens with one attached hydrogen (secondary N) is 3. The van der Waals surface area contributed by atoms with Gasteiger partial charge in [-0.3, -0.25) is 4.79 Å². The van der Waals surface area contributed by atoms with E-state index in [0.717, 1.165) is 0 Å². The summed E-state index contributed by atoms with van der Waals surface area (Å²) in [5.41, 5.74) is -4.19. The van der Waals surface area contributed by atoms with E-state index in [1.54, 1.807) is 35.2 Å². The first kappa shape index (κ1) is 28.9. The highest BCUT2D eigenvalue weighted by Gasteiger charge is 2.36. The third-order valence-corrected chi connectivity index (χ3v) is 8.13. The van der Waals surface area contributed by atoms with Crippen LogP contribution in [-0.4, -0.2) is 72.3 Å². The molecule has 0 aliphatic carbocycles. The lowest BCUT2D eigenvalue weighted by atomic mass is 10.0. The van der Waals surface area contributed by atoms with Gasteiger partial charge in [-0.25, -0.2) is 9.18 Å². The Morgan fingerprint density at radius 2 is 2.00 bits per heavy atom. The highest BCUT2D eigenvalue weighted by molar-refractivity contribution is 8.00. The molecule has 16 heteroatoms. The third-order valence-electron chi connectivity index (χ3n) is 7.29. The van der Waals surface area contributed by atoms with Crippen molar-refractivity contribution in [3.05, 3.63) is 54.3 Å². The molecule has 43 heavy (non-hydrogen) atoms. The van der Waals surface area contributed by atoms with Gasteiger partial charge >= 0.3 is 11.5 Å². The third kappa shape index (κ3) is 6.14. The van der Waals surface area contributed by atoms with Gasteiger partial charge in [0.1, 0.15) is 6.17 Å². The summed E-state index contributed by atoms with van der Waals surface area (Å²) in [6.07, 6.45) is 3.62. The lowest BCUT2D eigenvalue weighted by molar-refractivity contribution is -0.0329. The smallest absolute Gasteiger partial charge is 0.378 e. The average Bonchev–Trinajstić information content (AvgIpc) is 3.66. The Kier molecular flexibility index (Phi) is 7.26. The zero-order chi connectivity index (χ0) is 30.5. The van der Waals surface area contributed by atoms with Crippen LogP contribution in [0.1, 0.15) is 36.5 Å². The van der Waals surface area contributed by atoms with Crippen LogP contribution >= 0.6 is 11.8 Å². The number of nitrogens with zero attached hydrogens (tertiary/aromatic N) is 5. The summed E-state index contributed by atoms with van der Waals surface area (Å²) in [6, 6.07) is 5.20. The van der Waals surface area contributed by atoms with E-state index in [-0.39, 0.29) is 60.1 Å². The van der Waals surface area contributed by atoms with E-state index in [4.69, 9.17) is 4.52 Å². The second-order valence-corrected chi connectivity index (χ2v) is 12.2. The van der Waals surface area contributed by atoms with Crippen LogP contribution in [0.3, 0.4) is 0 Å². The number of halogens is 4. The normalized spacial score (nSPS) is 21.2. The molecule has 3 N–H and O–H groups in total. The number of rotatable bonds is 1. The molecule has 0 unspecified atom stereocenters. The fourth-order valence-corrected chi connectivity index (χ4v) is 6.09. The first-order chi connectivity index (χ1) is 20.3. The summed E-state index contributed by atoms with van der Waals surface area (Å²) >= 11 is -0.331. The highest BCUT2D eigenvalue weighted by Crippen LogP contribution is 2.44. The molecule has 2 atom stereocenters. The number of thioether (sulfide) groups is 1. The molecule has 7 heterocycles. The molecule has 1 saturated heterocycles. The molecule has 4 aromatic heterocycles. The Morgan fingerprint density at radius 1 is 1.19 bits per heavy atom. The van der Waals surface area contributed by atoms with Crippen LogP contribution in [0.4, 0.5) is 28.0 Å². The number of pyridine rings is 1. The topological polar surface area (TPSA) is 122 Å². The first-order valence-electron chi connectivity index (χ1n) is 13.5. The molecule has 0 aromatic carbocycles. The maximum absolute atomic E-state index is 15.5. The lowest BCUT2D eigenvalue weighted by Gasteiger charge is -2.37. The lowest BCUT2D eigenvalue weighted by Crippen LogP contribution is -2.57. The van der Waals surface area contributed by atoms with Gasteiger partial charge in [0, 0.05) is 43.4 Å². The van der Waals surface area contributed by atoms with Gasteiger partial charge in [0.05, 0.1) is 52.0 Å². The first-order valence-corrected chi connectivity index (χ1v) is 14.3. The van der Waals surface area contributed by atoms with Crippen molar-refractivity contribution >= 4 is 34.9 Å². The zero-order valence-electron chi connectivity index (χ0n) is 23.1. The Balaban J connectivity index is 1.39. The van der Waals surface area contributed by atoms with Gasteiger partial charge in [-0.1, -0.05) is 5.16 Å². The van der Waals surface area contributed by atoms with E-state index in [1.165, 1.54) is 21.6 Å². The number of hydrogen-bond donors (Lipinski definition) is 3. The van der Waals surface area contributed by atoms with E-state index >= 15 is 4.39 Å². The predicted octanol–water partition coefficient (Wildman–Crippen LogP) is 4.66. The van der Waals surface area contributed by atoms with Crippen LogP contribution in [0.5, 0.6) is 0 Å². The van der Waals surface area contributed by atoms with Crippen molar-refractivity contribution in [1.82, 2.24) is 34.6 Å².